The smallest absolute Gasteiger partial charge is 0.110 e. The lowest BCUT2D eigenvalue weighted by Crippen LogP contribution is -2.11. The summed E-state index contributed by atoms with van der Waals surface area (Å²) in [6, 6.07) is 16.4. The van der Waals surface area contributed by atoms with Crippen molar-refractivity contribution in [2.24, 2.45) is 0 Å². The second-order valence-corrected chi connectivity index (χ2v) is 5.82. The van der Waals surface area contributed by atoms with Crippen LogP contribution in [0.3, 0.4) is 0 Å². The van der Waals surface area contributed by atoms with Crippen molar-refractivity contribution in [3.05, 3.63) is 64.0 Å². The summed E-state index contributed by atoms with van der Waals surface area (Å²) in [6.07, 6.45) is 1.75. The lowest BCUT2D eigenvalue weighted by Gasteiger charge is -2.04. The third-order valence-corrected chi connectivity index (χ3v) is 4.16. The molecule has 2 aromatic heterocycles. The molecule has 0 aliphatic rings. The minimum atomic E-state index is 0.760. The first kappa shape index (κ1) is 13.6. The maximum absolute atomic E-state index is 8.79. The highest BCUT2D eigenvalue weighted by molar-refractivity contribution is 7.12. The number of benzene rings is 1. The first-order valence-electron chi connectivity index (χ1n) is 6.63. The Morgan fingerprint density at radius 1 is 1.10 bits per heavy atom. The Balaban J connectivity index is 1.55. The van der Waals surface area contributed by atoms with Crippen LogP contribution in [0.5, 0.6) is 0 Å². The number of aromatic nitrogens is 2. The monoisotopic (exact) mass is 294 g/mol. The number of nitrogens with one attached hydrogen (secondary N) is 2. The molecule has 3 aromatic rings. The van der Waals surface area contributed by atoms with Gasteiger partial charge in [-0.15, -0.1) is 11.3 Å². The van der Waals surface area contributed by atoms with Gasteiger partial charge in [0.25, 0.3) is 0 Å². The van der Waals surface area contributed by atoms with Crippen LogP contribution in [0.2, 0.25) is 0 Å². The quantitative estimate of drug-likeness (QED) is 0.759. The molecular weight excluding hydrogens is 280 g/mol. The summed E-state index contributed by atoms with van der Waals surface area (Å²) in [5.41, 5.74) is 3.39. The molecule has 0 unspecified atom stereocenters. The van der Waals surface area contributed by atoms with Crippen molar-refractivity contribution < 1.29 is 0 Å². The van der Waals surface area contributed by atoms with Crippen LogP contribution in [0.15, 0.2) is 48.7 Å². The van der Waals surface area contributed by atoms with Gasteiger partial charge in [0.05, 0.1) is 5.69 Å². The molecule has 0 fully saturated rings. The van der Waals surface area contributed by atoms with Gasteiger partial charge in [-0.05, 0) is 29.3 Å². The molecule has 0 bridgehead atoms. The molecule has 2 heterocycles. The third-order valence-electron chi connectivity index (χ3n) is 3.17. The van der Waals surface area contributed by atoms with Gasteiger partial charge >= 0.3 is 0 Å². The number of nitrogens with zero attached hydrogens (tertiary/aromatic N) is 2. The van der Waals surface area contributed by atoms with Gasteiger partial charge in [-0.25, -0.2) is 0 Å². The Kier molecular flexibility index (Phi) is 4.10. The molecule has 104 valence electrons. The van der Waals surface area contributed by atoms with Gasteiger partial charge in [0.15, 0.2) is 0 Å². The van der Waals surface area contributed by atoms with E-state index in [0.29, 0.717) is 0 Å². The van der Waals surface area contributed by atoms with Crippen LogP contribution in [0.4, 0.5) is 0 Å². The largest absolute Gasteiger partial charge is 0.308 e. The van der Waals surface area contributed by atoms with Crippen LogP contribution in [-0.2, 0) is 13.1 Å². The Labute approximate surface area is 127 Å². The predicted octanol–water partition coefficient (Wildman–Crippen LogP) is 3.30. The lowest BCUT2D eigenvalue weighted by atomic mass is 10.1. The fourth-order valence-electron chi connectivity index (χ4n) is 2.08. The number of rotatable bonds is 5. The summed E-state index contributed by atoms with van der Waals surface area (Å²) in [5.74, 6) is 0. The van der Waals surface area contributed by atoms with Gasteiger partial charge in [-0.1, -0.05) is 24.3 Å². The first-order chi connectivity index (χ1) is 10.3. The van der Waals surface area contributed by atoms with Crippen molar-refractivity contribution in [2.75, 3.05) is 0 Å². The van der Waals surface area contributed by atoms with E-state index in [1.165, 1.54) is 21.8 Å². The molecule has 0 amide bonds. The molecule has 1 aromatic carbocycles. The zero-order valence-electron chi connectivity index (χ0n) is 11.3. The summed E-state index contributed by atoms with van der Waals surface area (Å²) in [7, 11) is 0. The van der Waals surface area contributed by atoms with Crippen LogP contribution in [0.1, 0.15) is 15.3 Å². The standard InChI is InChI=1S/C16H14N4S/c17-9-14-5-6-15(21-14)11-18-10-12-1-3-13(4-2-12)16-7-8-19-20-16/h1-8,18H,10-11H2,(H,19,20). The van der Waals surface area contributed by atoms with E-state index in [4.69, 9.17) is 5.26 Å². The maximum atomic E-state index is 8.79. The van der Waals surface area contributed by atoms with E-state index in [0.717, 1.165) is 29.2 Å². The second-order valence-electron chi connectivity index (χ2n) is 4.65. The molecule has 0 saturated heterocycles. The average Bonchev–Trinajstić information content (AvgIpc) is 3.19. The molecule has 0 saturated carbocycles. The Hall–Kier alpha value is -2.42. The van der Waals surface area contributed by atoms with Gasteiger partial charge in [-0.2, -0.15) is 10.4 Å². The molecule has 4 nitrogen and oxygen atoms in total. The zero-order chi connectivity index (χ0) is 14.5. The highest BCUT2D eigenvalue weighted by Gasteiger charge is 2.01. The molecule has 3 rings (SSSR count). The number of aromatic amines is 1. The molecule has 5 heteroatoms. The highest BCUT2D eigenvalue weighted by atomic mass is 32.1. The fraction of sp³-hybridized carbons (Fsp3) is 0.125. The van der Waals surface area contributed by atoms with E-state index < -0.39 is 0 Å². The van der Waals surface area contributed by atoms with E-state index in [1.54, 1.807) is 6.20 Å². The van der Waals surface area contributed by atoms with Crippen LogP contribution in [-0.4, -0.2) is 10.2 Å². The summed E-state index contributed by atoms with van der Waals surface area (Å²) < 4.78 is 0. The molecule has 0 atom stereocenters. The number of hydrogen-bond acceptors (Lipinski definition) is 4. The van der Waals surface area contributed by atoms with Crippen molar-refractivity contribution in [1.29, 1.82) is 5.26 Å². The van der Waals surface area contributed by atoms with Gasteiger partial charge in [0.1, 0.15) is 10.9 Å². The molecular formula is C16H14N4S. The predicted molar refractivity (Wildman–Crippen MR) is 83.6 cm³/mol. The van der Waals surface area contributed by atoms with Crippen LogP contribution < -0.4 is 5.32 Å². The van der Waals surface area contributed by atoms with Gasteiger partial charge < -0.3 is 5.32 Å². The summed E-state index contributed by atoms with van der Waals surface area (Å²) in [6.45, 7) is 1.59. The number of hydrogen-bond donors (Lipinski definition) is 2. The minimum absolute atomic E-state index is 0.760. The average molecular weight is 294 g/mol. The van der Waals surface area contributed by atoms with E-state index >= 15 is 0 Å². The fourth-order valence-corrected chi connectivity index (χ4v) is 2.86. The third kappa shape index (κ3) is 3.37. The summed E-state index contributed by atoms with van der Waals surface area (Å²) in [5, 5.41) is 19.1. The molecule has 2 N–H and O–H groups in total. The SMILES string of the molecule is N#Cc1ccc(CNCc2ccc(-c3ccn[nH]3)cc2)s1. The lowest BCUT2D eigenvalue weighted by molar-refractivity contribution is 0.701. The van der Waals surface area contributed by atoms with Gasteiger partial charge in [0, 0.05) is 24.2 Å². The van der Waals surface area contributed by atoms with E-state index in [9.17, 15) is 0 Å². The second kappa shape index (κ2) is 6.35. The summed E-state index contributed by atoms with van der Waals surface area (Å²) >= 11 is 1.53. The first-order valence-corrected chi connectivity index (χ1v) is 7.45. The van der Waals surface area contributed by atoms with Crippen LogP contribution in [0.25, 0.3) is 11.3 Å². The van der Waals surface area contributed by atoms with Crippen molar-refractivity contribution >= 4 is 11.3 Å². The van der Waals surface area contributed by atoms with Crippen LogP contribution >= 0.6 is 11.3 Å². The molecule has 21 heavy (non-hydrogen) atoms. The van der Waals surface area contributed by atoms with Gasteiger partial charge in [-0.3, -0.25) is 5.10 Å². The Morgan fingerprint density at radius 2 is 1.95 bits per heavy atom. The Bertz CT molecular complexity index is 735. The van der Waals surface area contributed by atoms with E-state index in [1.807, 2.05) is 18.2 Å². The summed E-state index contributed by atoms with van der Waals surface area (Å²) in [4.78, 5) is 1.94. The van der Waals surface area contributed by atoms with E-state index in [-0.39, 0.29) is 0 Å². The molecule has 0 spiro atoms. The topological polar surface area (TPSA) is 64.5 Å². The molecule has 0 radical (unpaired) electrons. The number of nitriles is 1. The van der Waals surface area contributed by atoms with Gasteiger partial charge in [0.2, 0.25) is 0 Å². The van der Waals surface area contributed by atoms with E-state index in [2.05, 4.69) is 45.8 Å². The highest BCUT2D eigenvalue weighted by Crippen LogP contribution is 2.17. The number of H-pyrrole nitrogens is 1. The minimum Gasteiger partial charge on any atom is -0.308 e. The van der Waals surface area contributed by atoms with Crippen molar-refractivity contribution in [1.82, 2.24) is 15.5 Å². The maximum Gasteiger partial charge on any atom is 0.110 e. The van der Waals surface area contributed by atoms with Crippen LogP contribution in [0, 0.1) is 11.3 Å². The molecule has 0 aliphatic carbocycles. The normalized spacial score (nSPS) is 10.4. The van der Waals surface area contributed by atoms with Crippen molar-refractivity contribution in [3.8, 4) is 17.3 Å². The van der Waals surface area contributed by atoms with Crippen molar-refractivity contribution in [3.63, 3.8) is 0 Å². The molecule has 0 aliphatic heterocycles. The van der Waals surface area contributed by atoms with Crippen molar-refractivity contribution in [2.45, 2.75) is 13.1 Å². The number of thiophene rings is 1. The Morgan fingerprint density at radius 3 is 2.62 bits per heavy atom. The zero-order valence-corrected chi connectivity index (χ0v) is 12.2.